The van der Waals surface area contributed by atoms with E-state index in [0.717, 1.165) is 29.2 Å². The second-order valence-corrected chi connectivity index (χ2v) is 3.89. The Morgan fingerprint density at radius 3 is 2.42 bits per heavy atom. The van der Waals surface area contributed by atoms with Crippen LogP contribution in [0.3, 0.4) is 0 Å². The van der Waals surface area contributed by atoms with Crippen LogP contribution >= 0.6 is 0 Å². The molecule has 1 heterocycles. The molecule has 0 aliphatic heterocycles. The maximum absolute atomic E-state index is 5.37. The average molecular weight is 259 g/mol. The Bertz CT molecular complexity index is 541. The van der Waals surface area contributed by atoms with E-state index < -0.39 is 0 Å². The molecule has 5 heteroatoms. The van der Waals surface area contributed by atoms with E-state index >= 15 is 0 Å². The lowest BCUT2D eigenvalue weighted by molar-refractivity contribution is 0.395. The molecule has 0 unspecified atom stereocenters. The number of nitrogens with one attached hydrogen (secondary N) is 1. The molecule has 0 fully saturated rings. The minimum atomic E-state index is 0.624. The summed E-state index contributed by atoms with van der Waals surface area (Å²) in [5, 5.41) is 3.06. The number of rotatable bonds is 5. The first-order chi connectivity index (χ1) is 9.28. The van der Waals surface area contributed by atoms with Gasteiger partial charge in [0.05, 0.1) is 14.2 Å². The summed E-state index contributed by atoms with van der Waals surface area (Å²) in [4.78, 5) is 8.51. The summed E-state index contributed by atoms with van der Waals surface area (Å²) in [6, 6.07) is 5.66. The molecule has 0 radical (unpaired) electrons. The zero-order valence-corrected chi connectivity index (χ0v) is 11.3. The average Bonchev–Trinajstić information content (AvgIpc) is 2.48. The molecule has 0 atom stereocenters. The Balaban J connectivity index is 2.35. The van der Waals surface area contributed by atoms with Crippen LogP contribution in [0.5, 0.6) is 11.5 Å². The van der Waals surface area contributed by atoms with Gasteiger partial charge in [0.2, 0.25) is 5.95 Å². The van der Waals surface area contributed by atoms with E-state index in [2.05, 4.69) is 15.3 Å². The lowest BCUT2D eigenvalue weighted by Crippen LogP contribution is -2.01. The molecule has 1 N–H and O–H groups in total. The number of anilines is 1. The van der Waals surface area contributed by atoms with Crippen LogP contribution in [0.2, 0.25) is 0 Å². The van der Waals surface area contributed by atoms with Crippen molar-refractivity contribution in [3.05, 3.63) is 30.6 Å². The number of methoxy groups -OCH3 is 2. The summed E-state index contributed by atoms with van der Waals surface area (Å²) in [6.07, 6.45) is 3.55. The van der Waals surface area contributed by atoms with Crippen LogP contribution in [0.25, 0.3) is 11.1 Å². The molecule has 0 amide bonds. The molecule has 0 spiro atoms. The SMILES string of the molecule is CCNc1ncc(-c2ccc(OC)cc2OC)cn1. The highest BCUT2D eigenvalue weighted by Crippen LogP contribution is 2.32. The van der Waals surface area contributed by atoms with Crippen LogP contribution in [0, 0.1) is 0 Å². The molecule has 0 aliphatic rings. The highest BCUT2D eigenvalue weighted by atomic mass is 16.5. The zero-order valence-electron chi connectivity index (χ0n) is 11.3. The largest absolute Gasteiger partial charge is 0.497 e. The van der Waals surface area contributed by atoms with Crippen molar-refractivity contribution in [1.82, 2.24) is 9.97 Å². The van der Waals surface area contributed by atoms with Crippen molar-refractivity contribution >= 4 is 5.95 Å². The Morgan fingerprint density at radius 2 is 1.84 bits per heavy atom. The Kier molecular flexibility index (Phi) is 4.18. The second kappa shape index (κ2) is 6.04. The minimum absolute atomic E-state index is 0.624. The van der Waals surface area contributed by atoms with Gasteiger partial charge in [-0.15, -0.1) is 0 Å². The van der Waals surface area contributed by atoms with Crippen molar-refractivity contribution in [2.75, 3.05) is 26.1 Å². The second-order valence-electron chi connectivity index (χ2n) is 3.89. The predicted octanol–water partition coefficient (Wildman–Crippen LogP) is 2.59. The maximum Gasteiger partial charge on any atom is 0.222 e. The van der Waals surface area contributed by atoms with Gasteiger partial charge in [0, 0.05) is 36.1 Å². The van der Waals surface area contributed by atoms with Crippen molar-refractivity contribution in [3.63, 3.8) is 0 Å². The number of ether oxygens (including phenoxy) is 2. The van der Waals surface area contributed by atoms with Crippen LogP contribution < -0.4 is 14.8 Å². The molecule has 2 aromatic rings. The van der Waals surface area contributed by atoms with Gasteiger partial charge < -0.3 is 14.8 Å². The Morgan fingerprint density at radius 1 is 1.11 bits per heavy atom. The molecule has 1 aromatic carbocycles. The number of nitrogens with zero attached hydrogens (tertiary/aromatic N) is 2. The summed E-state index contributed by atoms with van der Waals surface area (Å²) in [5.41, 5.74) is 1.84. The Hall–Kier alpha value is -2.30. The fraction of sp³-hybridized carbons (Fsp3) is 0.286. The van der Waals surface area contributed by atoms with Crippen LogP contribution in [0.15, 0.2) is 30.6 Å². The molecule has 5 nitrogen and oxygen atoms in total. The fourth-order valence-electron chi connectivity index (χ4n) is 1.75. The lowest BCUT2D eigenvalue weighted by atomic mass is 10.1. The summed E-state index contributed by atoms with van der Waals surface area (Å²) in [5.74, 6) is 2.11. The van der Waals surface area contributed by atoms with Crippen molar-refractivity contribution in [3.8, 4) is 22.6 Å². The molecule has 2 rings (SSSR count). The van der Waals surface area contributed by atoms with E-state index in [0.29, 0.717) is 5.95 Å². The third-order valence-electron chi connectivity index (χ3n) is 2.71. The third kappa shape index (κ3) is 2.93. The number of aromatic nitrogens is 2. The van der Waals surface area contributed by atoms with Gasteiger partial charge in [-0.05, 0) is 19.1 Å². The fourth-order valence-corrected chi connectivity index (χ4v) is 1.75. The molecular formula is C14H17N3O2. The number of benzene rings is 1. The molecule has 0 aliphatic carbocycles. The maximum atomic E-state index is 5.37. The van der Waals surface area contributed by atoms with Gasteiger partial charge in [-0.1, -0.05) is 0 Å². The predicted molar refractivity (Wildman–Crippen MR) is 74.7 cm³/mol. The molecule has 0 saturated carbocycles. The van der Waals surface area contributed by atoms with Crippen LogP contribution in [-0.2, 0) is 0 Å². The molecule has 0 bridgehead atoms. The van der Waals surface area contributed by atoms with E-state index in [1.54, 1.807) is 26.6 Å². The summed E-state index contributed by atoms with van der Waals surface area (Å²) in [6.45, 7) is 2.80. The first-order valence-electron chi connectivity index (χ1n) is 6.06. The van der Waals surface area contributed by atoms with Gasteiger partial charge in [-0.25, -0.2) is 9.97 Å². The smallest absolute Gasteiger partial charge is 0.222 e. The minimum Gasteiger partial charge on any atom is -0.497 e. The summed E-state index contributed by atoms with van der Waals surface area (Å²) < 4.78 is 10.5. The van der Waals surface area contributed by atoms with Gasteiger partial charge in [0.15, 0.2) is 0 Å². The molecule has 0 saturated heterocycles. The summed E-state index contributed by atoms with van der Waals surface area (Å²) in [7, 11) is 3.26. The highest BCUT2D eigenvalue weighted by Gasteiger charge is 2.08. The summed E-state index contributed by atoms with van der Waals surface area (Å²) >= 11 is 0. The van der Waals surface area contributed by atoms with Gasteiger partial charge in [-0.2, -0.15) is 0 Å². The van der Waals surface area contributed by atoms with Crippen molar-refractivity contribution in [1.29, 1.82) is 0 Å². The first-order valence-corrected chi connectivity index (χ1v) is 6.06. The van der Waals surface area contributed by atoms with E-state index in [1.807, 2.05) is 25.1 Å². The Labute approximate surface area is 112 Å². The lowest BCUT2D eigenvalue weighted by Gasteiger charge is -2.10. The topological polar surface area (TPSA) is 56.3 Å². The van der Waals surface area contributed by atoms with E-state index in [4.69, 9.17) is 9.47 Å². The molecule has 1 aromatic heterocycles. The quantitative estimate of drug-likeness (QED) is 0.894. The number of hydrogen-bond acceptors (Lipinski definition) is 5. The van der Waals surface area contributed by atoms with Crippen LogP contribution in [0.1, 0.15) is 6.92 Å². The normalized spacial score (nSPS) is 10.1. The van der Waals surface area contributed by atoms with Crippen molar-refractivity contribution < 1.29 is 9.47 Å². The zero-order chi connectivity index (χ0) is 13.7. The first kappa shape index (κ1) is 13.1. The van der Waals surface area contributed by atoms with Crippen molar-refractivity contribution in [2.24, 2.45) is 0 Å². The third-order valence-corrected chi connectivity index (χ3v) is 2.71. The highest BCUT2D eigenvalue weighted by molar-refractivity contribution is 5.70. The van der Waals surface area contributed by atoms with Gasteiger partial charge in [0.1, 0.15) is 11.5 Å². The van der Waals surface area contributed by atoms with Gasteiger partial charge in [-0.3, -0.25) is 0 Å². The standard InChI is InChI=1S/C14H17N3O2/c1-4-15-14-16-8-10(9-17-14)12-6-5-11(18-2)7-13(12)19-3/h5-9H,4H2,1-3H3,(H,15,16,17). The molecular weight excluding hydrogens is 242 g/mol. The number of hydrogen-bond donors (Lipinski definition) is 1. The van der Waals surface area contributed by atoms with Crippen molar-refractivity contribution in [2.45, 2.75) is 6.92 Å². The van der Waals surface area contributed by atoms with Crippen LogP contribution in [-0.4, -0.2) is 30.7 Å². The molecule has 19 heavy (non-hydrogen) atoms. The van der Waals surface area contributed by atoms with Gasteiger partial charge >= 0.3 is 0 Å². The van der Waals surface area contributed by atoms with Crippen LogP contribution in [0.4, 0.5) is 5.95 Å². The van der Waals surface area contributed by atoms with E-state index in [9.17, 15) is 0 Å². The van der Waals surface area contributed by atoms with Gasteiger partial charge in [0.25, 0.3) is 0 Å². The van der Waals surface area contributed by atoms with E-state index in [1.165, 1.54) is 0 Å². The van der Waals surface area contributed by atoms with E-state index in [-0.39, 0.29) is 0 Å². The molecule has 100 valence electrons. The monoisotopic (exact) mass is 259 g/mol.